The molecule has 0 aliphatic heterocycles. The van der Waals surface area contributed by atoms with Gasteiger partial charge >= 0.3 is 11.9 Å². The van der Waals surface area contributed by atoms with Crippen LogP contribution in [-0.4, -0.2) is 124 Å². The molecule has 4 aromatic rings. The van der Waals surface area contributed by atoms with Gasteiger partial charge in [-0.15, -0.1) is 15.3 Å². The van der Waals surface area contributed by atoms with Gasteiger partial charge in [0.1, 0.15) is 36.0 Å². The minimum absolute atomic E-state index is 0.0329. The molecule has 0 radical (unpaired) electrons. The van der Waals surface area contributed by atoms with E-state index in [0.717, 1.165) is 11.1 Å². The largest absolute Gasteiger partial charge is 0.508 e. The van der Waals surface area contributed by atoms with Gasteiger partial charge in [-0.2, -0.15) is 0 Å². The lowest BCUT2D eigenvalue weighted by Crippen LogP contribution is -2.51. The number of nitrogens with zero attached hydrogens (tertiary/aromatic N) is 5. The zero-order valence-electron chi connectivity index (χ0n) is 37.1. The number of anilines is 1. The van der Waals surface area contributed by atoms with E-state index < -0.39 is 88.5 Å². The van der Waals surface area contributed by atoms with E-state index in [0.29, 0.717) is 49.3 Å². The van der Waals surface area contributed by atoms with Gasteiger partial charge in [-0.25, -0.2) is 18.4 Å². The number of nitrogens with two attached hydrogens (primary N) is 1. The smallest absolute Gasteiger partial charge is 0.326 e. The fourth-order valence-corrected chi connectivity index (χ4v) is 8.47. The number of primary sulfonamides is 1. The minimum atomic E-state index is -4.01. The van der Waals surface area contributed by atoms with Gasteiger partial charge in [0.25, 0.3) is 10.0 Å². The predicted octanol–water partition coefficient (Wildman–Crippen LogP) is 1.32. The molecule has 0 aliphatic carbocycles. The predicted molar refractivity (Wildman–Crippen MR) is 241 cm³/mol. The van der Waals surface area contributed by atoms with Crippen LogP contribution in [0, 0.1) is 5.92 Å². The molecule has 5 atom stereocenters. The Morgan fingerprint density at radius 3 is 1.94 bits per heavy atom. The topological polar surface area (TPSA) is 372 Å². The summed E-state index contributed by atoms with van der Waals surface area (Å²) < 4.78 is 24.0. The molecule has 2 amide bonds. The lowest BCUT2D eigenvalue weighted by Gasteiger charge is -2.31. The second-order valence-electron chi connectivity index (χ2n) is 16.5. The molecule has 0 saturated carbocycles. The summed E-state index contributed by atoms with van der Waals surface area (Å²) in [5.41, 5.74) is 1.31. The number of phenolic OH excluding ortho intramolecular Hbond substituents is 2. The SMILES string of the molecule is CC(C)C(=O)C(CCCCn1cc(CCCC(O)Nc2nnc(S(N)(=O)=O)s2)nn1)NC(=O)CC(NC(O)CC(NC(=O)CCC(C)(c1ccc(O)cc1)c1ccc(O)cc1)C(=O)O)C(=O)O. The molecule has 2 heterocycles. The molecular formula is C42H58N10O13S2. The van der Waals surface area contributed by atoms with Gasteiger partial charge in [-0.1, -0.05) is 61.6 Å². The number of Topliss-reactive ketones (excluding diaryl/α,β-unsaturated/α-hetero) is 1. The Kier molecular flexibility index (Phi) is 19.6. The van der Waals surface area contributed by atoms with Crippen LogP contribution in [0.15, 0.2) is 59.1 Å². The number of carbonyl (C=O) groups is 5. The number of aliphatic hydroxyl groups excluding tert-OH is 2. The Balaban J connectivity index is 1.24. The van der Waals surface area contributed by atoms with Crippen molar-refractivity contribution >= 4 is 56.0 Å². The van der Waals surface area contributed by atoms with E-state index in [4.69, 9.17) is 5.14 Å². The van der Waals surface area contributed by atoms with Crippen LogP contribution in [0.2, 0.25) is 0 Å². The van der Waals surface area contributed by atoms with E-state index in [-0.39, 0.29) is 52.4 Å². The molecule has 23 nitrogen and oxygen atoms in total. The number of carboxylic acids is 2. The molecule has 366 valence electrons. The van der Waals surface area contributed by atoms with Crippen LogP contribution in [-0.2, 0) is 52.4 Å². The average molecular weight is 975 g/mol. The number of aryl methyl sites for hydroxylation is 2. The molecule has 0 bridgehead atoms. The maximum absolute atomic E-state index is 13.2. The second-order valence-corrected chi connectivity index (χ2v) is 19.2. The summed E-state index contributed by atoms with van der Waals surface area (Å²) in [6.45, 7) is 5.60. The summed E-state index contributed by atoms with van der Waals surface area (Å²) in [4.78, 5) is 63.8. The summed E-state index contributed by atoms with van der Waals surface area (Å²) in [5.74, 6) is -5.21. The molecule has 12 N–H and O–H groups in total. The van der Waals surface area contributed by atoms with Gasteiger partial charge < -0.3 is 46.6 Å². The van der Waals surface area contributed by atoms with Crippen LogP contribution in [0.5, 0.6) is 11.5 Å². The first-order valence-corrected chi connectivity index (χ1v) is 23.7. The van der Waals surface area contributed by atoms with Crippen molar-refractivity contribution in [1.82, 2.24) is 41.1 Å². The Morgan fingerprint density at radius 2 is 1.39 bits per heavy atom. The fourth-order valence-electron chi connectivity index (χ4n) is 7.09. The number of nitrogens with one attached hydrogen (secondary N) is 4. The Hall–Kier alpha value is -6.12. The van der Waals surface area contributed by atoms with Crippen LogP contribution in [0.3, 0.4) is 0 Å². The quantitative estimate of drug-likeness (QED) is 0.0270. The summed E-state index contributed by atoms with van der Waals surface area (Å²) in [6, 6.07) is 8.41. The van der Waals surface area contributed by atoms with E-state index in [9.17, 15) is 63.0 Å². The first-order chi connectivity index (χ1) is 31.5. The van der Waals surface area contributed by atoms with E-state index in [1.165, 1.54) is 24.3 Å². The van der Waals surface area contributed by atoms with Gasteiger partial charge in [0.15, 0.2) is 5.78 Å². The van der Waals surface area contributed by atoms with Crippen molar-refractivity contribution < 1.29 is 63.0 Å². The maximum atomic E-state index is 13.2. The molecule has 67 heavy (non-hydrogen) atoms. The summed E-state index contributed by atoms with van der Waals surface area (Å²) in [6.07, 6.45) is -0.0296. The number of aromatic hydroxyl groups is 2. The molecule has 0 fully saturated rings. The van der Waals surface area contributed by atoms with Crippen molar-refractivity contribution in [1.29, 1.82) is 0 Å². The highest BCUT2D eigenvalue weighted by Crippen LogP contribution is 2.38. The third-order valence-electron chi connectivity index (χ3n) is 10.8. The first kappa shape index (κ1) is 53.5. The van der Waals surface area contributed by atoms with Crippen LogP contribution < -0.4 is 26.4 Å². The molecule has 2 aromatic carbocycles. The number of rotatable bonds is 29. The minimum Gasteiger partial charge on any atom is -0.508 e. The van der Waals surface area contributed by atoms with Gasteiger partial charge in [-0.05, 0) is 80.3 Å². The van der Waals surface area contributed by atoms with E-state index >= 15 is 0 Å². The number of hydrogen-bond donors (Lipinski definition) is 11. The average Bonchev–Trinajstić information content (AvgIpc) is 3.93. The van der Waals surface area contributed by atoms with Crippen molar-refractivity contribution in [3.63, 3.8) is 0 Å². The molecular weight excluding hydrogens is 917 g/mol. The third-order valence-corrected chi connectivity index (χ3v) is 13.0. The lowest BCUT2D eigenvalue weighted by molar-refractivity contribution is -0.144. The standard InChI is InChI=1S/C42H58N10O13S2/c1-24(2)37(59)30(8-4-5-20-52-23-27(48-51-52)7-6-9-33(55)47-40-49-50-41(66-40)67(43,64)65)44-35(57)22-32(39(62)63)46-36(58)21-31(38(60)61)45-34(56)18-19-42(3,25-10-14-28(53)15-11-25)26-12-16-29(54)17-13-26/h10-17,23-24,30-33,36,46,53-55,58H,4-9,18-22H2,1-3H3,(H,44,57)(H,45,56)(H,47,49)(H,60,61)(H,62,63)(H2,43,64,65). The number of aromatic nitrogens is 5. The van der Waals surface area contributed by atoms with Gasteiger partial charge in [0.2, 0.25) is 21.3 Å². The molecule has 0 aliphatic rings. The van der Waals surface area contributed by atoms with Crippen molar-refractivity contribution in [2.24, 2.45) is 11.1 Å². The van der Waals surface area contributed by atoms with Gasteiger partial charge in [0.05, 0.1) is 18.2 Å². The second kappa shape index (κ2) is 24.6. The summed E-state index contributed by atoms with van der Waals surface area (Å²) >= 11 is 0.691. The Bertz CT molecular complexity index is 2350. The number of hydrogen-bond acceptors (Lipinski definition) is 18. The number of sulfonamides is 1. The van der Waals surface area contributed by atoms with E-state index in [2.05, 4.69) is 41.8 Å². The molecule has 5 unspecified atom stereocenters. The summed E-state index contributed by atoms with van der Waals surface area (Å²) in [5, 5.41) is 91.0. The number of aliphatic carboxylic acids is 2. The van der Waals surface area contributed by atoms with Crippen LogP contribution in [0.1, 0.15) is 95.4 Å². The number of unbranched alkanes of at least 4 members (excludes halogenated alkanes) is 1. The molecule has 2 aromatic heterocycles. The van der Waals surface area contributed by atoms with Gasteiger partial charge in [-0.3, -0.25) is 29.2 Å². The van der Waals surface area contributed by atoms with E-state index in [1.54, 1.807) is 49.0 Å². The number of carboxylic acid groups (broad SMARTS) is 2. The third kappa shape index (κ3) is 16.9. The number of ketones is 1. The highest BCUT2D eigenvalue weighted by Gasteiger charge is 2.33. The molecule has 0 spiro atoms. The highest BCUT2D eigenvalue weighted by atomic mass is 32.2. The zero-order valence-corrected chi connectivity index (χ0v) is 38.7. The van der Waals surface area contributed by atoms with Crippen molar-refractivity contribution in [3.8, 4) is 11.5 Å². The normalized spacial score (nSPS) is 14.1. The number of benzene rings is 2. The fraction of sp³-hybridized carbons (Fsp3) is 0.500. The Morgan fingerprint density at radius 1 is 0.791 bits per heavy atom. The highest BCUT2D eigenvalue weighted by molar-refractivity contribution is 7.91. The molecule has 0 saturated heterocycles. The lowest BCUT2D eigenvalue weighted by atomic mass is 9.73. The van der Waals surface area contributed by atoms with Crippen molar-refractivity contribution in [2.45, 2.75) is 132 Å². The molecule has 25 heteroatoms. The van der Waals surface area contributed by atoms with Crippen LogP contribution >= 0.6 is 11.3 Å². The zero-order chi connectivity index (χ0) is 49.5. The van der Waals surface area contributed by atoms with Crippen molar-refractivity contribution in [2.75, 3.05) is 5.32 Å². The number of carbonyl (C=O) groups excluding carboxylic acids is 3. The monoisotopic (exact) mass is 974 g/mol. The van der Waals surface area contributed by atoms with Crippen molar-refractivity contribution in [3.05, 3.63) is 71.5 Å². The van der Waals surface area contributed by atoms with Gasteiger partial charge in [0, 0.05) is 36.9 Å². The van der Waals surface area contributed by atoms with Crippen LogP contribution in [0.25, 0.3) is 0 Å². The molecule has 4 rings (SSSR count). The summed E-state index contributed by atoms with van der Waals surface area (Å²) in [7, 11) is -4.01. The number of amides is 2. The maximum Gasteiger partial charge on any atom is 0.326 e. The first-order valence-electron chi connectivity index (χ1n) is 21.3. The van der Waals surface area contributed by atoms with Crippen LogP contribution in [0.4, 0.5) is 5.13 Å². The number of phenols is 2. The van der Waals surface area contributed by atoms with E-state index in [1.807, 2.05) is 6.92 Å². The number of aliphatic hydroxyl groups is 2. The Labute approximate surface area is 390 Å².